The van der Waals surface area contributed by atoms with Crippen molar-refractivity contribution in [1.82, 2.24) is 14.7 Å². The summed E-state index contributed by atoms with van der Waals surface area (Å²) >= 11 is 0. The third-order valence-electron chi connectivity index (χ3n) is 6.67. The fourth-order valence-electron chi connectivity index (χ4n) is 5.17. The smallest absolute Gasteiger partial charge is 0.145 e. The normalized spacial score (nSPS) is 31.9. The monoisotopic (exact) mass is 360 g/mol. The van der Waals surface area contributed by atoms with Crippen LogP contribution in [0.3, 0.4) is 0 Å². The maximum absolute atomic E-state index is 4.88. The summed E-state index contributed by atoms with van der Waals surface area (Å²) < 4.78 is 0. The Hall–Kier alpha value is -2.25. The number of hydrogen-bond donors (Lipinski definition) is 0. The Labute approximate surface area is 162 Å². The van der Waals surface area contributed by atoms with Gasteiger partial charge < -0.3 is 9.80 Å². The van der Waals surface area contributed by atoms with Crippen molar-refractivity contribution in [2.24, 2.45) is 16.8 Å². The van der Waals surface area contributed by atoms with E-state index in [1.165, 1.54) is 17.8 Å². The number of piperazine rings is 1. The Bertz CT molecular complexity index is 838. The number of fused-ring (bicyclic) bond motifs is 3. The largest absolute Gasteiger partial charge is 0.356 e. The molecule has 1 aliphatic carbocycles. The van der Waals surface area contributed by atoms with E-state index in [2.05, 4.69) is 70.7 Å². The predicted molar refractivity (Wildman–Crippen MR) is 109 cm³/mol. The van der Waals surface area contributed by atoms with Crippen molar-refractivity contribution in [3.8, 4) is 11.8 Å². The first-order valence-electron chi connectivity index (χ1n) is 10.3. The topological polar surface area (TPSA) is 22.1 Å². The fourth-order valence-corrected chi connectivity index (χ4v) is 5.17. The van der Waals surface area contributed by atoms with Gasteiger partial charge in [-0.1, -0.05) is 42.2 Å². The predicted octanol–water partition coefficient (Wildman–Crippen LogP) is 2.79. The van der Waals surface area contributed by atoms with Gasteiger partial charge in [-0.05, 0) is 31.4 Å². The molecule has 140 valence electrons. The molecular weight excluding hydrogens is 332 g/mol. The van der Waals surface area contributed by atoms with E-state index < -0.39 is 0 Å². The average molecular weight is 361 g/mol. The Morgan fingerprint density at radius 2 is 1.93 bits per heavy atom. The summed E-state index contributed by atoms with van der Waals surface area (Å²) in [7, 11) is 0. The van der Waals surface area contributed by atoms with E-state index in [1.54, 1.807) is 5.57 Å². The van der Waals surface area contributed by atoms with Gasteiger partial charge in [-0.15, -0.1) is 0 Å². The van der Waals surface area contributed by atoms with E-state index in [0.717, 1.165) is 39.3 Å². The molecule has 2 fully saturated rings. The molecule has 4 nitrogen and oxygen atoms in total. The lowest BCUT2D eigenvalue weighted by atomic mass is 9.84. The zero-order valence-corrected chi connectivity index (χ0v) is 16.4. The molecule has 0 radical (unpaired) electrons. The lowest BCUT2D eigenvalue weighted by molar-refractivity contribution is 0.0384. The molecule has 0 spiro atoms. The van der Waals surface area contributed by atoms with Crippen molar-refractivity contribution < 1.29 is 0 Å². The molecular formula is C23H28N4. The number of rotatable bonds is 4. The number of allylic oxidation sites excluding steroid dienone is 1. The number of nitrogens with zero attached hydrogens (tertiary/aromatic N) is 4. The lowest BCUT2D eigenvalue weighted by Crippen LogP contribution is -2.58. The lowest BCUT2D eigenvalue weighted by Gasteiger charge is -2.51. The highest BCUT2D eigenvalue weighted by Crippen LogP contribution is 2.57. The Balaban J connectivity index is 1.33. The van der Waals surface area contributed by atoms with Crippen molar-refractivity contribution >= 4 is 6.21 Å². The standard InChI is InChI=1S/C23H28N4/c1-3-27-22(20-16-19(20)21-10-7-11-24-23(21,27)2)26-14-12-25(13-15-26)17-18-8-5-4-6-9-18/h4-6,8-9,11,19,21H,3,12-17H2,1-2H3. The maximum atomic E-state index is 4.88. The van der Waals surface area contributed by atoms with Gasteiger partial charge in [0.15, 0.2) is 0 Å². The van der Waals surface area contributed by atoms with E-state index in [-0.39, 0.29) is 5.66 Å². The third-order valence-corrected chi connectivity index (χ3v) is 6.67. The van der Waals surface area contributed by atoms with E-state index in [9.17, 15) is 0 Å². The molecule has 3 atom stereocenters. The second-order valence-corrected chi connectivity index (χ2v) is 8.27. The maximum Gasteiger partial charge on any atom is 0.145 e. The first-order valence-corrected chi connectivity index (χ1v) is 10.3. The summed E-state index contributed by atoms with van der Waals surface area (Å²) in [5.74, 6) is 9.06. The van der Waals surface area contributed by atoms with Gasteiger partial charge in [-0.2, -0.15) is 0 Å². The van der Waals surface area contributed by atoms with Gasteiger partial charge in [0.05, 0.1) is 12.1 Å². The summed E-state index contributed by atoms with van der Waals surface area (Å²) in [6.45, 7) is 11.0. The molecule has 4 aliphatic rings. The summed E-state index contributed by atoms with van der Waals surface area (Å²) in [4.78, 5) is 12.6. The molecule has 3 heterocycles. The molecule has 27 heavy (non-hydrogen) atoms. The Morgan fingerprint density at radius 3 is 2.67 bits per heavy atom. The fraction of sp³-hybridized carbons (Fsp3) is 0.522. The van der Waals surface area contributed by atoms with E-state index in [4.69, 9.17) is 4.99 Å². The second-order valence-electron chi connectivity index (χ2n) is 8.27. The van der Waals surface area contributed by atoms with Crippen LogP contribution in [0.25, 0.3) is 0 Å². The molecule has 0 amide bonds. The van der Waals surface area contributed by atoms with Gasteiger partial charge in [-0.3, -0.25) is 9.89 Å². The van der Waals surface area contributed by atoms with Crippen LogP contribution in [-0.4, -0.2) is 59.3 Å². The highest BCUT2D eigenvalue weighted by atomic mass is 15.4. The number of aliphatic imine (C=N–C) groups is 1. The molecule has 1 saturated heterocycles. The zero-order valence-electron chi connectivity index (χ0n) is 16.4. The molecule has 4 heteroatoms. The van der Waals surface area contributed by atoms with Crippen LogP contribution in [0.4, 0.5) is 0 Å². The van der Waals surface area contributed by atoms with Gasteiger partial charge in [-0.25, -0.2) is 0 Å². The number of benzene rings is 1. The highest BCUT2D eigenvalue weighted by molar-refractivity contribution is 5.80. The van der Waals surface area contributed by atoms with E-state index >= 15 is 0 Å². The minimum atomic E-state index is -0.193. The summed E-state index contributed by atoms with van der Waals surface area (Å²) in [5.41, 5.74) is 2.84. The van der Waals surface area contributed by atoms with Crippen molar-refractivity contribution in [2.75, 3.05) is 32.7 Å². The van der Waals surface area contributed by atoms with E-state index in [0.29, 0.717) is 11.8 Å². The zero-order chi connectivity index (χ0) is 18.4. The van der Waals surface area contributed by atoms with Gasteiger partial charge >= 0.3 is 0 Å². The molecule has 0 bridgehead atoms. The van der Waals surface area contributed by atoms with Crippen LogP contribution in [0.15, 0.2) is 46.7 Å². The minimum absolute atomic E-state index is 0.193. The van der Waals surface area contributed by atoms with Crippen molar-refractivity contribution in [2.45, 2.75) is 32.5 Å². The van der Waals surface area contributed by atoms with Crippen LogP contribution in [-0.2, 0) is 6.54 Å². The van der Waals surface area contributed by atoms with E-state index in [1.807, 2.05) is 6.21 Å². The van der Waals surface area contributed by atoms with Gasteiger partial charge in [0.1, 0.15) is 11.5 Å². The first kappa shape index (κ1) is 16.9. The van der Waals surface area contributed by atoms with Gasteiger partial charge in [0.25, 0.3) is 0 Å². The van der Waals surface area contributed by atoms with Crippen LogP contribution < -0.4 is 0 Å². The summed E-state index contributed by atoms with van der Waals surface area (Å²) in [6.07, 6.45) is 3.03. The second kappa shape index (κ2) is 6.42. The first-order chi connectivity index (χ1) is 13.2. The molecule has 3 unspecified atom stereocenters. The quantitative estimate of drug-likeness (QED) is 0.771. The van der Waals surface area contributed by atoms with Crippen LogP contribution in [0.5, 0.6) is 0 Å². The van der Waals surface area contributed by atoms with Gasteiger partial charge in [0, 0.05) is 45.2 Å². The van der Waals surface area contributed by atoms with Crippen LogP contribution >= 0.6 is 0 Å². The van der Waals surface area contributed by atoms with Crippen molar-refractivity contribution in [3.63, 3.8) is 0 Å². The minimum Gasteiger partial charge on any atom is -0.356 e. The third kappa shape index (κ3) is 2.76. The molecule has 5 rings (SSSR count). The van der Waals surface area contributed by atoms with Crippen molar-refractivity contribution in [3.05, 3.63) is 47.3 Å². The van der Waals surface area contributed by atoms with Gasteiger partial charge in [0.2, 0.25) is 0 Å². The van der Waals surface area contributed by atoms with Crippen LogP contribution in [0.1, 0.15) is 25.8 Å². The summed E-state index contributed by atoms with van der Waals surface area (Å²) in [6, 6.07) is 10.8. The molecule has 1 aromatic rings. The summed E-state index contributed by atoms with van der Waals surface area (Å²) in [5, 5.41) is 0. The molecule has 1 saturated carbocycles. The molecule has 0 aromatic heterocycles. The molecule has 0 N–H and O–H groups in total. The Kier molecular flexibility index (Phi) is 4.02. The van der Waals surface area contributed by atoms with Crippen molar-refractivity contribution in [1.29, 1.82) is 0 Å². The SMILES string of the molecule is CCN1C(N2CCN(Cc3ccccc3)CC2)=C2CC2C2C#CC=NC21C. The number of hydrogen-bond acceptors (Lipinski definition) is 4. The average Bonchev–Trinajstić information content (AvgIpc) is 3.48. The van der Waals surface area contributed by atoms with Crippen LogP contribution in [0.2, 0.25) is 0 Å². The Morgan fingerprint density at radius 1 is 1.15 bits per heavy atom. The molecule has 3 aliphatic heterocycles. The van der Waals surface area contributed by atoms with Crippen LogP contribution in [0, 0.1) is 23.7 Å². The highest BCUT2D eigenvalue weighted by Gasteiger charge is 2.57. The molecule has 1 aromatic carbocycles.